The van der Waals surface area contributed by atoms with Crippen LogP contribution in [-0.4, -0.2) is 23.9 Å². The SMILES string of the molecule is CCOC(=O)c1c(CF)c(OC(F)(F)F)c[nH]c1=O. The summed E-state index contributed by atoms with van der Waals surface area (Å²) in [6.07, 6.45) is -4.54. The molecule has 0 atom stereocenters. The zero-order valence-electron chi connectivity index (χ0n) is 9.64. The number of carbonyl (C=O) groups is 1. The largest absolute Gasteiger partial charge is 0.573 e. The van der Waals surface area contributed by atoms with Gasteiger partial charge in [0.05, 0.1) is 6.61 Å². The van der Waals surface area contributed by atoms with Gasteiger partial charge in [0.1, 0.15) is 12.2 Å². The van der Waals surface area contributed by atoms with Crippen molar-refractivity contribution in [3.8, 4) is 5.75 Å². The fourth-order valence-corrected chi connectivity index (χ4v) is 1.32. The van der Waals surface area contributed by atoms with E-state index in [-0.39, 0.29) is 6.61 Å². The number of carbonyl (C=O) groups excluding carboxylic acids is 1. The Hall–Kier alpha value is -2.06. The van der Waals surface area contributed by atoms with Gasteiger partial charge in [-0.1, -0.05) is 0 Å². The molecule has 1 aromatic rings. The molecule has 19 heavy (non-hydrogen) atoms. The zero-order chi connectivity index (χ0) is 14.6. The Bertz CT molecular complexity index is 523. The van der Waals surface area contributed by atoms with E-state index in [9.17, 15) is 27.2 Å². The van der Waals surface area contributed by atoms with Crippen molar-refractivity contribution in [3.05, 3.63) is 27.7 Å². The van der Waals surface area contributed by atoms with Crippen molar-refractivity contribution in [3.63, 3.8) is 0 Å². The molecule has 1 aromatic heterocycles. The molecule has 0 saturated carbocycles. The van der Waals surface area contributed by atoms with Crippen molar-refractivity contribution in [1.29, 1.82) is 0 Å². The maximum absolute atomic E-state index is 12.8. The molecule has 0 radical (unpaired) electrons. The molecule has 1 rings (SSSR count). The lowest BCUT2D eigenvalue weighted by atomic mass is 10.1. The third kappa shape index (κ3) is 3.70. The standard InChI is InChI=1S/C10H9F4NO4/c1-2-18-9(17)7-5(3-11)6(4-15-8(7)16)19-10(12,13)14/h4H,2-3H2,1H3,(H,15,16). The van der Waals surface area contributed by atoms with E-state index in [4.69, 9.17) is 0 Å². The Morgan fingerprint density at radius 1 is 1.42 bits per heavy atom. The number of hydrogen-bond acceptors (Lipinski definition) is 4. The highest BCUT2D eigenvalue weighted by Gasteiger charge is 2.34. The quantitative estimate of drug-likeness (QED) is 0.677. The van der Waals surface area contributed by atoms with Gasteiger partial charge in [-0.15, -0.1) is 13.2 Å². The summed E-state index contributed by atoms with van der Waals surface area (Å²) in [6, 6.07) is 0. The van der Waals surface area contributed by atoms with Gasteiger partial charge < -0.3 is 14.5 Å². The van der Waals surface area contributed by atoms with Crippen LogP contribution in [0.25, 0.3) is 0 Å². The summed E-state index contributed by atoms with van der Waals surface area (Å²) in [5.41, 5.74) is -2.70. The second-order valence-electron chi connectivity index (χ2n) is 3.24. The molecule has 0 fully saturated rings. The van der Waals surface area contributed by atoms with E-state index >= 15 is 0 Å². The third-order valence-corrected chi connectivity index (χ3v) is 2.00. The predicted molar refractivity (Wildman–Crippen MR) is 54.5 cm³/mol. The monoisotopic (exact) mass is 283 g/mol. The van der Waals surface area contributed by atoms with Gasteiger partial charge in [-0.05, 0) is 6.92 Å². The van der Waals surface area contributed by atoms with Crippen LogP contribution in [0.1, 0.15) is 22.8 Å². The van der Waals surface area contributed by atoms with Gasteiger partial charge in [0.2, 0.25) is 0 Å². The number of alkyl halides is 4. The molecule has 0 unspecified atom stereocenters. The highest BCUT2D eigenvalue weighted by molar-refractivity contribution is 5.91. The highest BCUT2D eigenvalue weighted by atomic mass is 19.4. The van der Waals surface area contributed by atoms with Crippen molar-refractivity contribution in [2.45, 2.75) is 20.0 Å². The van der Waals surface area contributed by atoms with E-state index in [2.05, 4.69) is 9.47 Å². The molecule has 9 heteroatoms. The van der Waals surface area contributed by atoms with Crippen molar-refractivity contribution < 1.29 is 31.8 Å². The first kappa shape index (κ1) is 15.0. The van der Waals surface area contributed by atoms with E-state index in [1.807, 2.05) is 4.98 Å². The predicted octanol–water partition coefficient (Wildman–Crippen LogP) is 1.92. The number of esters is 1. The van der Waals surface area contributed by atoms with Crippen molar-refractivity contribution in [2.24, 2.45) is 0 Å². The minimum atomic E-state index is -5.08. The Balaban J connectivity index is 3.33. The van der Waals surface area contributed by atoms with Crippen LogP contribution in [0.2, 0.25) is 0 Å². The summed E-state index contributed by atoms with van der Waals surface area (Å²) in [6.45, 7) is -0.172. The van der Waals surface area contributed by atoms with Crippen molar-refractivity contribution in [1.82, 2.24) is 4.98 Å². The average Bonchev–Trinajstić information content (AvgIpc) is 2.29. The van der Waals surface area contributed by atoms with Crippen molar-refractivity contribution in [2.75, 3.05) is 6.61 Å². The molecule has 0 aliphatic rings. The van der Waals surface area contributed by atoms with Gasteiger partial charge in [0, 0.05) is 11.8 Å². The van der Waals surface area contributed by atoms with Crippen LogP contribution < -0.4 is 10.3 Å². The van der Waals surface area contributed by atoms with Crippen LogP contribution >= 0.6 is 0 Å². The van der Waals surface area contributed by atoms with Crippen molar-refractivity contribution >= 4 is 5.97 Å². The number of aromatic amines is 1. The Labute approximate surface area is 104 Å². The third-order valence-electron chi connectivity index (χ3n) is 2.00. The minimum Gasteiger partial charge on any atom is -0.462 e. The second-order valence-corrected chi connectivity index (χ2v) is 3.24. The van der Waals surface area contributed by atoms with Gasteiger partial charge in [0.25, 0.3) is 5.56 Å². The summed E-state index contributed by atoms with van der Waals surface area (Å²) in [4.78, 5) is 24.6. The summed E-state index contributed by atoms with van der Waals surface area (Å²) < 4.78 is 57.1. The Morgan fingerprint density at radius 2 is 2.05 bits per heavy atom. The lowest BCUT2D eigenvalue weighted by molar-refractivity contribution is -0.275. The molecule has 0 spiro atoms. The second kappa shape index (κ2) is 5.72. The van der Waals surface area contributed by atoms with Gasteiger partial charge >= 0.3 is 12.3 Å². The molecule has 0 amide bonds. The molecule has 1 N–H and O–H groups in total. The number of rotatable bonds is 4. The van der Waals surface area contributed by atoms with Crippen LogP contribution in [0.5, 0.6) is 5.75 Å². The maximum Gasteiger partial charge on any atom is 0.573 e. The summed E-state index contributed by atoms with van der Waals surface area (Å²) in [5.74, 6) is -2.21. The molecule has 0 aromatic carbocycles. The number of pyridine rings is 1. The normalized spacial score (nSPS) is 11.2. The number of ether oxygens (including phenoxy) is 2. The summed E-state index contributed by atoms with van der Waals surface area (Å²) in [7, 11) is 0. The Morgan fingerprint density at radius 3 is 2.53 bits per heavy atom. The van der Waals surface area contributed by atoms with E-state index < -0.39 is 41.4 Å². The van der Waals surface area contributed by atoms with Crippen LogP contribution in [0.4, 0.5) is 17.6 Å². The van der Waals surface area contributed by atoms with Gasteiger partial charge in [-0.3, -0.25) is 4.79 Å². The number of hydrogen-bond donors (Lipinski definition) is 1. The molecule has 0 aliphatic carbocycles. The maximum atomic E-state index is 12.8. The number of halogens is 4. The number of H-pyrrole nitrogens is 1. The lowest BCUT2D eigenvalue weighted by Crippen LogP contribution is -2.25. The van der Waals surface area contributed by atoms with E-state index in [1.54, 1.807) is 0 Å². The smallest absolute Gasteiger partial charge is 0.462 e. The van der Waals surface area contributed by atoms with Crippen LogP contribution in [0.15, 0.2) is 11.0 Å². The summed E-state index contributed by atoms with van der Waals surface area (Å²) >= 11 is 0. The fourth-order valence-electron chi connectivity index (χ4n) is 1.32. The molecule has 0 saturated heterocycles. The van der Waals surface area contributed by atoms with E-state index in [1.165, 1.54) is 6.92 Å². The van der Waals surface area contributed by atoms with Gasteiger partial charge in [-0.25, -0.2) is 9.18 Å². The van der Waals surface area contributed by atoms with Gasteiger partial charge in [-0.2, -0.15) is 0 Å². The topological polar surface area (TPSA) is 68.4 Å². The van der Waals surface area contributed by atoms with E-state index in [0.717, 1.165) is 0 Å². The molecule has 5 nitrogen and oxygen atoms in total. The molecule has 1 heterocycles. The van der Waals surface area contributed by atoms with Gasteiger partial charge in [0.15, 0.2) is 5.75 Å². The first-order valence-corrected chi connectivity index (χ1v) is 5.03. The van der Waals surface area contributed by atoms with Crippen LogP contribution in [0, 0.1) is 0 Å². The van der Waals surface area contributed by atoms with Crippen LogP contribution in [-0.2, 0) is 11.4 Å². The number of nitrogens with one attached hydrogen (secondary N) is 1. The van der Waals surface area contributed by atoms with Crippen LogP contribution in [0.3, 0.4) is 0 Å². The van der Waals surface area contributed by atoms with E-state index in [0.29, 0.717) is 6.20 Å². The first-order chi connectivity index (χ1) is 8.80. The zero-order valence-corrected chi connectivity index (χ0v) is 9.64. The summed E-state index contributed by atoms with van der Waals surface area (Å²) in [5, 5.41) is 0. The fraction of sp³-hybridized carbons (Fsp3) is 0.400. The first-order valence-electron chi connectivity index (χ1n) is 5.03. The molecular weight excluding hydrogens is 274 g/mol. The molecular formula is C10H9F4NO4. The molecule has 0 bridgehead atoms. The molecule has 106 valence electrons. The average molecular weight is 283 g/mol. The minimum absolute atomic E-state index is 0.117. The lowest BCUT2D eigenvalue weighted by Gasteiger charge is -2.13. The molecule has 0 aliphatic heterocycles. The highest BCUT2D eigenvalue weighted by Crippen LogP contribution is 2.27. The Kier molecular flexibility index (Phi) is 4.52. The number of aromatic nitrogens is 1.